The molecule has 1 atom stereocenters. The van der Waals surface area contributed by atoms with Gasteiger partial charge < -0.3 is 10.1 Å². The van der Waals surface area contributed by atoms with Crippen molar-refractivity contribution < 1.29 is 23.1 Å². The molecule has 2 aromatic carbocycles. The van der Waals surface area contributed by atoms with Crippen LogP contribution in [-0.4, -0.2) is 30.0 Å². The van der Waals surface area contributed by atoms with Gasteiger partial charge in [-0.15, -0.1) is 0 Å². The lowest BCUT2D eigenvalue weighted by atomic mass is 9.85. The Morgan fingerprint density at radius 1 is 1.07 bits per heavy atom. The van der Waals surface area contributed by atoms with Crippen molar-refractivity contribution >= 4 is 11.9 Å². The topological polar surface area (TPSA) is 58.6 Å². The van der Waals surface area contributed by atoms with Crippen molar-refractivity contribution in [3.8, 4) is 5.75 Å². The van der Waals surface area contributed by atoms with Gasteiger partial charge in [-0.1, -0.05) is 44.0 Å². The van der Waals surface area contributed by atoms with E-state index in [1.165, 1.54) is 36.4 Å². The summed E-state index contributed by atoms with van der Waals surface area (Å²) in [6, 6.07) is 11.0. The van der Waals surface area contributed by atoms with Gasteiger partial charge in [0.25, 0.3) is 5.91 Å². The number of benzene rings is 2. The van der Waals surface area contributed by atoms with Crippen LogP contribution in [0.25, 0.3) is 0 Å². The Kier molecular flexibility index (Phi) is 5.92. The maximum atomic E-state index is 13.6. The minimum atomic E-state index is -1.22. The predicted octanol–water partition coefficient (Wildman–Crippen LogP) is 3.98. The summed E-state index contributed by atoms with van der Waals surface area (Å²) >= 11 is 0. The molecule has 0 aromatic heterocycles. The molecule has 7 heteroatoms. The van der Waals surface area contributed by atoms with E-state index in [9.17, 15) is 18.4 Å². The highest BCUT2D eigenvalue weighted by Crippen LogP contribution is 2.34. The fourth-order valence-electron chi connectivity index (χ4n) is 3.32. The number of amides is 3. The number of unbranched alkanes of at least 4 members (excludes halogenated alkanes) is 1. The summed E-state index contributed by atoms with van der Waals surface area (Å²) in [5.74, 6) is -1.27. The standard InChI is InChI=1S/C21H22F2N2O3/c1-2-3-12-21(15-8-10-16(22)11-9-15)19(26)25(20(27)24-21)13-14-28-18-7-5-4-6-17(18)23/h4-11H,2-3,12-14H2,1H3,(H,24,27)/t21-/m0/s1. The highest BCUT2D eigenvalue weighted by molar-refractivity contribution is 6.07. The minimum absolute atomic E-state index is 0.0198. The molecule has 1 saturated heterocycles. The van der Waals surface area contributed by atoms with Gasteiger partial charge in [0.05, 0.1) is 6.54 Å². The average molecular weight is 388 g/mol. The Hall–Kier alpha value is -2.96. The van der Waals surface area contributed by atoms with E-state index in [1.54, 1.807) is 12.1 Å². The molecule has 3 amide bonds. The molecule has 148 valence electrons. The molecular weight excluding hydrogens is 366 g/mol. The first-order valence-corrected chi connectivity index (χ1v) is 9.25. The number of hydrogen-bond acceptors (Lipinski definition) is 3. The summed E-state index contributed by atoms with van der Waals surface area (Å²) in [7, 11) is 0. The zero-order valence-corrected chi connectivity index (χ0v) is 15.6. The van der Waals surface area contributed by atoms with Crippen LogP contribution in [0.2, 0.25) is 0 Å². The number of para-hydroxylation sites is 1. The molecule has 0 bridgehead atoms. The maximum absolute atomic E-state index is 13.6. The molecule has 0 spiro atoms. The first kappa shape index (κ1) is 19.8. The van der Waals surface area contributed by atoms with Gasteiger partial charge in [-0.2, -0.15) is 0 Å². The number of ether oxygens (including phenoxy) is 1. The number of halogens is 2. The third-order valence-electron chi connectivity index (χ3n) is 4.83. The van der Waals surface area contributed by atoms with Gasteiger partial charge in [0.2, 0.25) is 0 Å². The Morgan fingerprint density at radius 2 is 1.79 bits per heavy atom. The number of carbonyl (C=O) groups is 2. The van der Waals surface area contributed by atoms with Crippen LogP contribution in [0.4, 0.5) is 13.6 Å². The van der Waals surface area contributed by atoms with E-state index in [2.05, 4.69) is 5.32 Å². The van der Waals surface area contributed by atoms with Crippen molar-refractivity contribution in [3.63, 3.8) is 0 Å². The van der Waals surface area contributed by atoms with Crippen LogP contribution in [0.1, 0.15) is 31.7 Å². The average Bonchev–Trinajstić information content (AvgIpc) is 2.93. The number of imide groups is 1. The summed E-state index contributed by atoms with van der Waals surface area (Å²) in [4.78, 5) is 26.7. The first-order chi connectivity index (χ1) is 13.5. The fourth-order valence-corrected chi connectivity index (χ4v) is 3.32. The normalized spacial score (nSPS) is 19.0. The van der Waals surface area contributed by atoms with Gasteiger partial charge in [0, 0.05) is 0 Å². The molecule has 0 radical (unpaired) electrons. The van der Waals surface area contributed by atoms with Crippen molar-refractivity contribution in [1.29, 1.82) is 0 Å². The fraction of sp³-hybridized carbons (Fsp3) is 0.333. The van der Waals surface area contributed by atoms with Gasteiger partial charge in [-0.3, -0.25) is 9.69 Å². The second-order valence-electron chi connectivity index (χ2n) is 6.68. The molecule has 1 aliphatic rings. The van der Waals surface area contributed by atoms with E-state index in [1.807, 2.05) is 6.92 Å². The Labute approximate surface area is 162 Å². The third-order valence-corrected chi connectivity index (χ3v) is 4.83. The molecule has 1 heterocycles. The number of carbonyl (C=O) groups excluding carboxylic acids is 2. The van der Waals surface area contributed by atoms with Crippen molar-refractivity contribution in [1.82, 2.24) is 10.2 Å². The van der Waals surface area contributed by atoms with Crippen LogP contribution in [0.15, 0.2) is 48.5 Å². The molecule has 0 saturated carbocycles. The van der Waals surface area contributed by atoms with E-state index in [0.29, 0.717) is 18.4 Å². The molecule has 1 aliphatic heterocycles. The monoisotopic (exact) mass is 388 g/mol. The maximum Gasteiger partial charge on any atom is 0.325 e. The Morgan fingerprint density at radius 3 is 2.46 bits per heavy atom. The molecule has 0 aliphatic carbocycles. The Balaban J connectivity index is 1.77. The van der Waals surface area contributed by atoms with Crippen LogP contribution in [0.3, 0.4) is 0 Å². The highest BCUT2D eigenvalue weighted by atomic mass is 19.1. The lowest BCUT2D eigenvalue weighted by molar-refractivity contribution is -0.132. The van der Waals surface area contributed by atoms with Gasteiger partial charge in [-0.05, 0) is 36.2 Å². The minimum Gasteiger partial charge on any atom is -0.489 e. The van der Waals surface area contributed by atoms with Crippen LogP contribution in [-0.2, 0) is 10.3 Å². The number of rotatable bonds is 8. The lowest BCUT2D eigenvalue weighted by Crippen LogP contribution is -2.44. The molecule has 2 aromatic rings. The molecule has 3 rings (SSSR count). The zero-order valence-electron chi connectivity index (χ0n) is 15.6. The molecule has 5 nitrogen and oxygen atoms in total. The first-order valence-electron chi connectivity index (χ1n) is 9.25. The van der Waals surface area contributed by atoms with Crippen LogP contribution in [0.5, 0.6) is 5.75 Å². The second-order valence-corrected chi connectivity index (χ2v) is 6.68. The van der Waals surface area contributed by atoms with Crippen molar-refractivity contribution in [3.05, 3.63) is 65.7 Å². The van der Waals surface area contributed by atoms with Gasteiger partial charge in [0.15, 0.2) is 11.6 Å². The van der Waals surface area contributed by atoms with E-state index >= 15 is 0 Å². The number of urea groups is 1. The summed E-state index contributed by atoms with van der Waals surface area (Å²) in [6.07, 6.45) is 1.95. The summed E-state index contributed by atoms with van der Waals surface area (Å²) in [5, 5.41) is 2.78. The second kappa shape index (κ2) is 8.37. The van der Waals surface area contributed by atoms with E-state index in [0.717, 1.165) is 11.3 Å². The van der Waals surface area contributed by atoms with E-state index in [4.69, 9.17) is 4.74 Å². The largest absolute Gasteiger partial charge is 0.489 e. The summed E-state index contributed by atoms with van der Waals surface area (Å²) in [6.45, 7) is 1.93. The van der Waals surface area contributed by atoms with Crippen molar-refractivity contribution in [2.24, 2.45) is 0 Å². The van der Waals surface area contributed by atoms with Crippen LogP contribution < -0.4 is 10.1 Å². The molecular formula is C21H22F2N2O3. The van der Waals surface area contributed by atoms with Crippen LogP contribution in [0, 0.1) is 11.6 Å². The summed E-state index contributed by atoms with van der Waals surface area (Å²) < 4.78 is 32.3. The predicted molar refractivity (Wildman–Crippen MR) is 99.7 cm³/mol. The van der Waals surface area contributed by atoms with E-state index < -0.39 is 29.1 Å². The van der Waals surface area contributed by atoms with Crippen molar-refractivity contribution in [2.75, 3.05) is 13.2 Å². The Bertz CT molecular complexity index is 857. The van der Waals surface area contributed by atoms with Gasteiger partial charge >= 0.3 is 6.03 Å². The zero-order chi connectivity index (χ0) is 20.1. The van der Waals surface area contributed by atoms with E-state index in [-0.39, 0.29) is 18.9 Å². The molecule has 28 heavy (non-hydrogen) atoms. The lowest BCUT2D eigenvalue weighted by Gasteiger charge is -2.27. The molecule has 1 fully saturated rings. The van der Waals surface area contributed by atoms with Gasteiger partial charge in [0.1, 0.15) is 18.0 Å². The smallest absolute Gasteiger partial charge is 0.325 e. The number of nitrogens with one attached hydrogen (secondary N) is 1. The SMILES string of the molecule is CCCC[C@@]1(c2ccc(F)cc2)NC(=O)N(CCOc2ccccc2F)C1=O. The highest BCUT2D eigenvalue weighted by Gasteiger charge is 2.51. The summed E-state index contributed by atoms with van der Waals surface area (Å²) in [5.41, 5.74) is -0.683. The van der Waals surface area contributed by atoms with Crippen LogP contribution >= 0.6 is 0 Å². The molecule has 0 unspecified atom stereocenters. The number of nitrogens with zero attached hydrogens (tertiary/aromatic N) is 1. The number of hydrogen-bond donors (Lipinski definition) is 1. The van der Waals surface area contributed by atoms with Gasteiger partial charge in [-0.25, -0.2) is 13.6 Å². The third kappa shape index (κ3) is 3.83. The quantitative estimate of drug-likeness (QED) is 0.696. The van der Waals surface area contributed by atoms with Crippen molar-refractivity contribution in [2.45, 2.75) is 31.7 Å². The molecule has 1 N–H and O–H groups in total.